The van der Waals surface area contributed by atoms with Gasteiger partial charge in [0.2, 0.25) is 0 Å². The van der Waals surface area contributed by atoms with Gasteiger partial charge in [0.15, 0.2) is 5.78 Å². The van der Waals surface area contributed by atoms with Crippen LogP contribution in [-0.2, 0) is 4.79 Å². The van der Waals surface area contributed by atoms with Crippen molar-refractivity contribution in [2.24, 2.45) is 5.41 Å². The third-order valence-corrected chi connectivity index (χ3v) is 2.68. The van der Waals surface area contributed by atoms with Crippen LogP contribution >= 0.6 is 0 Å². The summed E-state index contributed by atoms with van der Waals surface area (Å²) in [7, 11) is 1.83. The third kappa shape index (κ3) is 3.11. The maximum Gasteiger partial charge on any atom is 0.157 e. The standard InChI is InChI=1S/C11H23NO/c1-7-8-10(2,3)9(13)11(4,5)12-6/h12H,7-8H2,1-6H3. The predicted octanol–water partition coefficient (Wildman–Crippen LogP) is 2.38. The van der Waals surface area contributed by atoms with Gasteiger partial charge in [0.1, 0.15) is 0 Å². The van der Waals surface area contributed by atoms with E-state index < -0.39 is 5.54 Å². The fourth-order valence-electron chi connectivity index (χ4n) is 1.70. The van der Waals surface area contributed by atoms with Crippen molar-refractivity contribution in [2.45, 2.75) is 53.0 Å². The predicted molar refractivity (Wildman–Crippen MR) is 56.8 cm³/mol. The van der Waals surface area contributed by atoms with E-state index in [2.05, 4.69) is 12.2 Å². The second-order valence-electron chi connectivity index (χ2n) is 4.84. The molecule has 0 aromatic rings. The first kappa shape index (κ1) is 12.6. The molecule has 0 spiro atoms. The van der Waals surface area contributed by atoms with Crippen LogP contribution in [0.3, 0.4) is 0 Å². The second-order valence-corrected chi connectivity index (χ2v) is 4.84. The summed E-state index contributed by atoms with van der Waals surface area (Å²) < 4.78 is 0. The Kier molecular flexibility index (Phi) is 4.11. The van der Waals surface area contributed by atoms with Crippen molar-refractivity contribution in [3.63, 3.8) is 0 Å². The SMILES string of the molecule is CCCC(C)(C)C(=O)C(C)(C)NC. The van der Waals surface area contributed by atoms with E-state index in [1.165, 1.54) is 0 Å². The van der Waals surface area contributed by atoms with E-state index in [-0.39, 0.29) is 5.41 Å². The largest absolute Gasteiger partial charge is 0.308 e. The Morgan fingerprint density at radius 2 is 1.69 bits per heavy atom. The zero-order chi connectivity index (χ0) is 10.7. The normalized spacial score (nSPS) is 13.1. The minimum Gasteiger partial charge on any atom is -0.308 e. The van der Waals surface area contributed by atoms with Gasteiger partial charge in [-0.2, -0.15) is 0 Å². The first-order chi connectivity index (χ1) is 5.78. The number of hydrogen-bond donors (Lipinski definition) is 1. The van der Waals surface area contributed by atoms with Crippen LogP contribution in [0.1, 0.15) is 47.5 Å². The highest BCUT2D eigenvalue weighted by atomic mass is 16.1. The third-order valence-electron chi connectivity index (χ3n) is 2.68. The highest BCUT2D eigenvalue weighted by molar-refractivity contribution is 5.92. The summed E-state index contributed by atoms with van der Waals surface area (Å²) in [4.78, 5) is 12.0. The van der Waals surface area contributed by atoms with Crippen molar-refractivity contribution >= 4 is 5.78 Å². The number of carbonyl (C=O) groups is 1. The molecule has 1 N–H and O–H groups in total. The highest BCUT2D eigenvalue weighted by Gasteiger charge is 2.37. The topological polar surface area (TPSA) is 29.1 Å². The van der Waals surface area contributed by atoms with Gasteiger partial charge in [-0.1, -0.05) is 27.2 Å². The average molecular weight is 185 g/mol. The molecule has 0 unspecified atom stereocenters. The lowest BCUT2D eigenvalue weighted by atomic mass is 9.76. The minimum atomic E-state index is -0.404. The minimum absolute atomic E-state index is 0.207. The molecule has 0 aliphatic heterocycles. The molecule has 0 saturated heterocycles. The fourth-order valence-corrected chi connectivity index (χ4v) is 1.70. The Bertz CT molecular complexity index is 183. The van der Waals surface area contributed by atoms with E-state index in [9.17, 15) is 4.79 Å². The molecule has 0 aliphatic carbocycles. The van der Waals surface area contributed by atoms with Crippen LogP contribution in [0.5, 0.6) is 0 Å². The summed E-state index contributed by atoms with van der Waals surface area (Å²) in [6.45, 7) is 10.0. The summed E-state index contributed by atoms with van der Waals surface area (Å²) in [5.41, 5.74) is -0.611. The van der Waals surface area contributed by atoms with E-state index >= 15 is 0 Å². The molecule has 78 valence electrons. The highest BCUT2D eigenvalue weighted by Crippen LogP contribution is 2.28. The van der Waals surface area contributed by atoms with Crippen LogP contribution in [0.25, 0.3) is 0 Å². The number of likely N-dealkylation sites (N-methyl/N-ethyl adjacent to an activating group) is 1. The van der Waals surface area contributed by atoms with Gasteiger partial charge < -0.3 is 5.32 Å². The van der Waals surface area contributed by atoms with Gasteiger partial charge in [-0.05, 0) is 27.3 Å². The molecule has 0 rings (SSSR count). The van der Waals surface area contributed by atoms with E-state index in [1.807, 2.05) is 34.7 Å². The van der Waals surface area contributed by atoms with Crippen molar-refractivity contribution < 1.29 is 4.79 Å². The molecule has 2 heteroatoms. The van der Waals surface area contributed by atoms with Crippen LogP contribution in [0.4, 0.5) is 0 Å². The van der Waals surface area contributed by atoms with Gasteiger partial charge in [0.05, 0.1) is 5.54 Å². The molecule has 0 fully saturated rings. The number of Topliss-reactive ketones (excluding diaryl/α,β-unsaturated/α-hetero) is 1. The fraction of sp³-hybridized carbons (Fsp3) is 0.909. The summed E-state index contributed by atoms with van der Waals surface area (Å²) in [5, 5.41) is 3.06. The zero-order valence-corrected chi connectivity index (χ0v) is 9.82. The average Bonchev–Trinajstić information content (AvgIpc) is 2.03. The number of carbonyl (C=O) groups excluding carboxylic acids is 1. The van der Waals surface area contributed by atoms with E-state index in [0.717, 1.165) is 12.8 Å². The lowest BCUT2D eigenvalue weighted by molar-refractivity contribution is -0.132. The van der Waals surface area contributed by atoms with Crippen molar-refractivity contribution in [1.29, 1.82) is 0 Å². The molecule has 0 aromatic heterocycles. The number of hydrogen-bond acceptors (Lipinski definition) is 2. The Morgan fingerprint density at radius 1 is 1.23 bits per heavy atom. The molecule has 0 saturated carbocycles. The first-order valence-electron chi connectivity index (χ1n) is 5.01. The van der Waals surface area contributed by atoms with Gasteiger partial charge in [0.25, 0.3) is 0 Å². The maximum atomic E-state index is 12.0. The van der Waals surface area contributed by atoms with Crippen LogP contribution < -0.4 is 5.32 Å². The zero-order valence-electron chi connectivity index (χ0n) is 9.82. The molecular weight excluding hydrogens is 162 g/mol. The molecule has 0 aromatic carbocycles. The van der Waals surface area contributed by atoms with Crippen molar-refractivity contribution in [3.05, 3.63) is 0 Å². The molecule has 13 heavy (non-hydrogen) atoms. The van der Waals surface area contributed by atoms with Gasteiger partial charge >= 0.3 is 0 Å². The van der Waals surface area contributed by atoms with Crippen molar-refractivity contribution in [3.8, 4) is 0 Å². The maximum absolute atomic E-state index is 12.0. The van der Waals surface area contributed by atoms with Crippen LogP contribution in [0.2, 0.25) is 0 Å². The van der Waals surface area contributed by atoms with Gasteiger partial charge in [-0.3, -0.25) is 4.79 Å². The molecule has 0 aliphatic rings. The van der Waals surface area contributed by atoms with E-state index in [1.54, 1.807) is 0 Å². The Morgan fingerprint density at radius 3 is 2.00 bits per heavy atom. The molecule has 0 bridgehead atoms. The van der Waals surface area contributed by atoms with E-state index in [0.29, 0.717) is 5.78 Å². The van der Waals surface area contributed by atoms with Crippen molar-refractivity contribution in [1.82, 2.24) is 5.32 Å². The molecule has 0 atom stereocenters. The summed E-state index contributed by atoms with van der Waals surface area (Å²) >= 11 is 0. The summed E-state index contributed by atoms with van der Waals surface area (Å²) in [6, 6.07) is 0. The quantitative estimate of drug-likeness (QED) is 0.712. The lowest BCUT2D eigenvalue weighted by Gasteiger charge is -2.32. The van der Waals surface area contributed by atoms with Crippen molar-refractivity contribution in [2.75, 3.05) is 7.05 Å². The van der Waals surface area contributed by atoms with Gasteiger partial charge in [0, 0.05) is 5.41 Å². The van der Waals surface area contributed by atoms with Crippen LogP contribution in [-0.4, -0.2) is 18.4 Å². The number of ketones is 1. The molecule has 0 amide bonds. The Hall–Kier alpha value is -0.370. The summed E-state index contributed by atoms with van der Waals surface area (Å²) in [5.74, 6) is 0.296. The molecule has 0 radical (unpaired) electrons. The lowest BCUT2D eigenvalue weighted by Crippen LogP contribution is -2.50. The van der Waals surface area contributed by atoms with Gasteiger partial charge in [-0.25, -0.2) is 0 Å². The number of nitrogens with one attached hydrogen (secondary N) is 1. The second kappa shape index (κ2) is 4.23. The first-order valence-corrected chi connectivity index (χ1v) is 5.01. The van der Waals surface area contributed by atoms with Crippen LogP contribution in [0.15, 0.2) is 0 Å². The number of rotatable bonds is 5. The Balaban J connectivity index is 4.58. The van der Waals surface area contributed by atoms with E-state index in [4.69, 9.17) is 0 Å². The molecule has 2 nitrogen and oxygen atoms in total. The van der Waals surface area contributed by atoms with Crippen LogP contribution in [0, 0.1) is 5.41 Å². The summed E-state index contributed by atoms with van der Waals surface area (Å²) in [6.07, 6.45) is 2.01. The van der Waals surface area contributed by atoms with Gasteiger partial charge in [-0.15, -0.1) is 0 Å². The monoisotopic (exact) mass is 185 g/mol. The smallest absolute Gasteiger partial charge is 0.157 e. The molecule has 0 heterocycles. The Labute approximate surface area is 82.1 Å². The molecular formula is C11H23NO.